The Bertz CT molecular complexity index is 1640. The van der Waals surface area contributed by atoms with Gasteiger partial charge in [-0.25, -0.2) is 0 Å². The van der Waals surface area contributed by atoms with Gasteiger partial charge in [-0.05, 0) is 112 Å². The van der Waals surface area contributed by atoms with Gasteiger partial charge in [0.05, 0.1) is 0 Å². The van der Waals surface area contributed by atoms with Gasteiger partial charge >= 0.3 is 0 Å². The molecule has 0 radical (unpaired) electrons. The van der Waals surface area contributed by atoms with Gasteiger partial charge in [-0.15, -0.1) is 0 Å². The Labute approximate surface area is 304 Å². The molecule has 9 N–H and O–H groups in total. The fraction of sp³-hybridized carbons (Fsp3) is 0.381. The molecule has 0 atom stereocenters. The molecule has 6 rings (SSSR count). The number of amidine groups is 2. The van der Waals surface area contributed by atoms with E-state index >= 15 is 0 Å². The van der Waals surface area contributed by atoms with Crippen LogP contribution < -0.4 is 28.5 Å². The number of nitrogens with two attached hydrogens (primary N) is 4. The lowest BCUT2D eigenvalue weighted by Crippen LogP contribution is -2.33. The maximum atomic E-state index is 6.12. The van der Waals surface area contributed by atoms with Crippen LogP contribution in [0.5, 0.6) is 0 Å². The van der Waals surface area contributed by atoms with Gasteiger partial charge in [-0.2, -0.15) is 0 Å². The van der Waals surface area contributed by atoms with Crippen LogP contribution in [0.3, 0.4) is 0 Å². The second-order valence-corrected chi connectivity index (χ2v) is 13.9. The highest BCUT2D eigenvalue weighted by molar-refractivity contribution is 5.98. The van der Waals surface area contributed by atoms with E-state index in [1.54, 1.807) is 0 Å². The summed E-state index contributed by atoms with van der Waals surface area (Å²) < 4.78 is 0. The summed E-state index contributed by atoms with van der Waals surface area (Å²) in [6.07, 6.45) is 7.21. The maximum Gasteiger partial charge on any atom is 0.125 e. The van der Waals surface area contributed by atoms with Crippen LogP contribution in [-0.4, -0.2) is 60.7 Å². The highest BCUT2D eigenvalue weighted by Gasteiger charge is 2.20. The first-order valence-electron chi connectivity index (χ1n) is 18.5. The molecule has 9 heteroatoms. The van der Waals surface area contributed by atoms with Gasteiger partial charge in [0.15, 0.2) is 0 Å². The summed E-state index contributed by atoms with van der Waals surface area (Å²) in [6, 6.07) is 36.8. The fourth-order valence-corrected chi connectivity index (χ4v) is 6.93. The molecule has 0 amide bonds. The number of hydrazine groups is 1. The fourth-order valence-electron chi connectivity index (χ4n) is 6.93. The van der Waals surface area contributed by atoms with Gasteiger partial charge < -0.3 is 22.6 Å². The van der Waals surface area contributed by atoms with Crippen molar-refractivity contribution in [1.29, 1.82) is 0 Å². The predicted molar refractivity (Wildman–Crippen MR) is 214 cm³/mol. The predicted octanol–water partition coefficient (Wildman–Crippen LogP) is 6.26. The molecule has 51 heavy (non-hydrogen) atoms. The molecule has 0 unspecified atom stereocenters. The first-order chi connectivity index (χ1) is 24.9. The standard InChI is InChI=1S/C21H29N5.C21H28N4/c22-21(19-7-4-8-20(15-19)25-23)24-12-9-17-10-13-26(14-11-17)16-18-5-2-1-3-6-18;22-20-8-4-7-19(15-20)21(23)24-12-9-17-10-13-25(14-11-17)16-18-5-2-1-3-6-18/h1-8,15,17,25H,9-14,16,23H2,(H2,22,24);1-8,15,17H,9-14,16,22H2,(H2,23,24). The zero-order valence-electron chi connectivity index (χ0n) is 30.0. The second-order valence-electron chi connectivity index (χ2n) is 13.9. The van der Waals surface area contributed by atoms with Crippen molar-refractivity contribution in [2.75, 3.05) is 50.4 Å². The molecule has 2 fully saturated rings. The SMILES string of the molecule is NC(=NCCC1CCN(Cc2ccccc2)CC1)c1cccc(N)c1.NNc1cccc(C(N)=NCCC2CCN(Cc3ccccc3)CC2)c1. The van der Waals surface area contributed by atoms with Crippen LogP contribution in [0, 0.1) is 11.8 Å². The summed E-state index contributed by atoms with van der Waals surface area (Å²) in [4.78, 5) is 14.2. The number of nitrogens with zero attached hydrogens (tertiary/aromatic N) is 4. The van der Waals surface area contributed by atoms with Crippen LogP contribution in [0.2, 0.25) is 0 Å². The van der Waals surface area contributed by atoms with Gasteiger partial charge in [0.25, 0.3) is 0 Å². The molecule has 4 aromatic rings. The normalized spacial score (nSPS) is 16.7. The second kappa shape index (κ2) is 20.2. The third kappa shape index (κ3) is 12.8. The minimum atomic E-state index is 0.587. The molecular formula is C42H57N9. The van der Waals surface area contributed by atoms with Gasteiger partial charge in [-0.3, -0.25) is 25.6 Å². The molecule has 0 saturated carbocycles. The topological polar surface area (TPSA) is 147 Å². The van der Waals surface area contributed by atoms with E-state index < -0.39 is 0 Å². The largest absolute Gasteiger partial charge is 0.399 e. The summed E-state index contributed by atoms with van der Waals surface area (Å²) in [5, 5.41) is 0. The van der Waals surface area contributed by atoms with Gasteiger partial charge in [0.2, 0.25) is 0 Å². The van der Waals surface area contributed by atoms with Crippen molar-refractivity contribution in [1.82, 2.24) is 9.80 Å². The maximum absolute atomic E-state index is 6.12. The molecule has 0 aromatic heterocycles. The van der Waals surface area contributed by atoms with Crippen molar-refractivity contribution in [2.24, 2.45) is 39.1 Å². The van der Waals surface area contributed by atoms with Crippen molar-refractivity contribution >= 4 is 23.0 Å². The zero-order chi connectivity index (χ0) is 35.7. The van der Waals surface area contributed by atoms with E-state index in [-0.39, 0.29) is 0 Å². The van der Waals surface area contributed by atoms with Crippen LogP contribution in [0.15, 0.2) is 119 Å². The monoisotopic (exact) mass is 687 g/mol. The first kappa shape index (κ1) is 37.6. The lowest BCUT2D eigenvalue weighted by molar-refractivity contribution is 0.173. The first-order valence-corrected chi connectivity index (χ1v) is 18.5. The van der Waals surface area contributed by atoms with Gasteiger partial charge in [0, 0.05) is 48.7 Å². The minimum absolute atomic E-state index is 0.587. The number of piperidine rings is 2. The number of hydrogen-bond acceptors (Lipinski definition) is 7. The summed E-state index contributed by atoms with van der Waals surface area (Å²) in [5.74, 6) is 8.12. The molecule has 270 valence electrons. The Morgan fingerprint density at radius 2 is 1.04 bits per heavy atom. The molecule has 9 nitrogen and oxygen atoms in total. The van der Waals surface area contributed by atoms with Crippen molar-refractivity contribution in [3.8, 4) is 0 Å². The van der Waals surface area contributed by atoms with E-state index in [0.717, 1.165) is 73.4 Å². The molecule has 2 aliphatic heterocycles. The molecular weight excluding hydrogens is 631 g/mol. The highest BCUT2D eigenvalue weighted by atomic mass is 15.2. The number of nitrogens with one attached hydrogen (secondary N) is 1. The van der Waals surface area contributed by atoms with Crippen molar-refractivity contribution < 1.29 is 0 Å². The van der Waals surface area contributed by atoms with Crippen molar-refractivity contribution in [3.63, 3.8) is 0 Å². The summed E-state index contributed by atoms with van der Waals surface area (Å²) in [6.45, 7) is 8.39. The Morgan fingerprint density at radius 1 is 0.588 bits per heavy atom. The number of aliphatic imine (C=N–C) groups is 2. The average molecular weight is 688 g/mol. The number of hydrogen-bond donors (Lipinski definition) is 5. The molecule has 0 aliphatic carbocycles. The minimum Gasteiger partial charge on any atom is -0.399 e. The number of rotatable bonds is 13. The number of likely N-dealkylation sites (tertiary alicyclic amines) is 2. The summed E-state index contributed by atoms with van der Waals surface area (Å²) >= 11 is 0. The van der Waals surface area contributed by atoms with E-state index in [0.29, 0.717) is 11.7 Å². The Balaban J connectivity index is 0.000000198. The van der Waals surface area contributed by atoms with Crippen LogP contribution >= 0.6 is 0 Å². The van der Waals surface area contributed by atoms with E-state index in [9.17, 15) is 0 Å². The van der Waals surface area contributed by atoms with Crippen LogP contribution in [0.25, 0.3) is 0 Å². The molecule has 0 spiro atoms. The summed E-state index contributed by atoms with van der Waals surface area (Å²) in [7, 11) is 0. The van der Waals surface area contributed by atoms with Crippen LogP contribution in [-0.2, 0) is 13.1 Å². The molecule has 2 saturated heterocycles. The van der Waals surface area contributed by atoms with Crippen LogP contribution in [0.1, 0.15) is 60.8 Å². The lowest BCUT2D eigenvalue weighted by atomic mass is 9.93. The molecule has 0 bridgehead atoms. The Hall–Kier alpha value is -4.70. The number of anilines is 2. The Morgan fingerprint density at radius 3 is 1.49 bits per heavy atom. The summed E-state index contributed by atoms with van der Waals surface area (Å²) in [5.41, 5.74) is 26.8. The third-order valence-corrected chi connectivity index (χ3v) is 10.1. The van der Waals surface area contributed by atoms with E-state index in [2.05, 4.69) is 85.9 Å². The molecule has 4 aromatic carbocycles. The number of nitrogen functional groups attached to an aromatic ring is 2. The van der Waals surface area contributed by atoms with E-state index in [4.69, 9.17) is 23.0 Å². The number of benzene rings is 4. The van der Waals surface area contributed by atoms with Crippen molar-refractivity contribution in [2.45, 2.75) is 51.6 Å². The van der Waals surface area contributed by atoms with E-state index in [1.165, 1.54) is 63.0 Å². The quantitative estimate of drug-likeness (QED) is 0.0367. The van der Waals surface area contributed by atoms with Gasteiger partial charge in [-0.1, -0.05) is 84.9 Å². The van der Waals surface area contributed by atoms with Crippen molar-refractivity contribution in [3.05, 3.63) is 131 Å². The van der Waals surface area contributed by atoms with E-state index in [1.807, 2.05) is 48.5 Å². The smallest absolute Gasteiger partial charge is 0.125 e. The molecule has 2 heterocycles. The third-order valence-electron chi connectivity index (χ3n) is 10.1. The lowest BCUT2D eigenvalue weighted by Gasteiger charge is -2.31. The molecule has 2 aliphatic rings. The van der Waals surface area contributed by atoms with Crippen LogP contribution in [0.4, 0.5) is 11.4 Å². The average Bonchev–Trinajstić information content (AvgIpc) is 3.17. The zero-order valence-corrected chi connectivity index (χ0v) is 30.0. The Kier molecular flexibility index (Phi) is 14.9. The highest BCUT2D eigenvalue weighted by Crippen LogP contribution is 2.23. The van der Waals surface area contributed by atoms with Gasteiger partial charge in [0.1, 0.15) is 11.7 Å².